The highest BCUT2D eigenvalue weighted by Gasteiger charge is 2.23. The van der Waals surface area contributed by atoms with Crippen LogP contribution >= 0.6 is 0 Å². The van der Waals surface area contributed by atoms with E-state index in [0.29, 0.717) is 17.1 Å². The molecule has 8 heteroatoms. The van der Waals surface area contributed by atoms with Crippen LogP contribution in [0.3, 0.4) is 0 Å². The number of hydrogen-bond donors (Lipinski definition) is 1. The lowest BCUT2D eigenvalue weighted by molar-refractivity contribution is -0.121. The molecular formula is C21H23N3O4S. The fraction of sp³-hybridized carbons (Fsp3) is 0.238. The first-order chi connectivity index (χ1) is 13.8. The van der Waals surface area contributed by atoms with Crippen molar-refractivity contribution in [2.45, 2.75) is 17.4 Å². The molecule has 3 aromatic rings. The summed E-state index contributed by atoms with van der Waals surface area (Å²) in [7, 11) is 0.174. The molecule has 1 aromatic heterocycles. The van der Waals surface area contributed by atoms with Crippen molar-refractivity contribution >= 4 is 15.7 Å². The summed E-state index contributed by atoms with van der Waals surface area (Å²) in [4.78, 5) is 17.4. The van der Waals surface area contributed by atoms with Gasteiger partial charge in [0, 0.05) is 31.3 Å². The van der Waals surface area contributed by atoms with Crippen LogP contribution in [0.5, 0.6) is 5.75 Å². The number of imidazole rings is 1. The molecule has 29 heavy (non-hydrogen) atoms. The third-order valence-corrected chi connectivity index (χ3v) is 5.72. The molecule has 0 radical (unpaired) electrons. The number of para-hydroxylation sites is 1. The second-order valence-corrected chi connectivity index (χ2v) is 8.75. The Morgan fingerprint density at radius 1 is 1.17 bits per heavy atom. The maximum atomic E-state index is 12.8. The summed E-state index contributed by atoms with van der Waals surface area (Å²) in [6.07, 6.45) is 4.75. The Morgan fingerprint density at radius 2 is 1.86 bits per heavy atom. The van der Waals surface area contributed by atoms with Crippen LogP contribution in [-0.2, 0) is 28.1 Å². The van der Waals surface area contributed by atoms with Gasteiger partial charge in [0.15, 0.2) is 9.84 Å². The van der Waals surface area contributed by atoms with Gasteiger partial charge in [0.2, 0.25) is 5.91 Å². The monoisotopic (exact) mass is 413 g/mol. The summed E-state index contributed by atoms with van der Waals surface area (Å²) in [5, 5.41) is 3.02. The zero-order valence-electron chi connectivity index (χ0n) is 16.5. The number of nitrogens with one attached hydrogen (secondary N) is 1. The van der Waals surface area contributed by atoms with Gasteiger partial charge in [-0.25, -0.2) is 13.4 Å². The zero-order valence-corrected chi connectivity index (χ0v) is 17.3. The number of carbonyl (C=O) groups excluding carboxylic acids is 1. The number of nitrogens with zero attached hydrogens (tertiary/aromatic N) is 2. The first-order valence-electron chi connectivity index (χ1n) is 8.98. The lowest BCUT2D eigenvalue weighted by Crippen LogP contribution is -2.32. The van der Waals surface area contributed by atoms with E-state index in [1.54, 1.807) is 25.4 Å². The number of carbonyl (C=O) groups is 1. The van der Waals surface area contributed by atoms with Crippen molar-refractivity contribution in [1.29, 1.82) is 0 Å². The Morgan fingerprint density at radius 3 is 2.45 bits per heavy atom. The van der Waals surface area contributed by atoms with Gasteiger partial charge in [-0.3, -0.25) is 4.79 Å². The molecule has 0 fully saturated rings. The quantitative estimate of drug-likeness (QED) is 0.642. The zero-order chi connectivity index (χ0) is 21.0. The second-order valence-electron chi connectivity index (χ2n) is 6.73. The van der Waals surface area contributed by atoms with Crippen molar-refractivity contribution < 1.29 is 17.9 Å². The minimum atomic E-state index is -3.27. The van der Waals surface area contributed by atoms with E-state index in [2.05, 4.69) is 10.3 Å². The average Bonchev–Trinajstić information content (AvgIpc) is 3.11. The molecule has 0 spiro atoms. The van der Waals surface area contributed by atoms with E-state index in [1.807, 2.05) is 42.1 Å². The standard InChI is InChI=1S/C21H23N3O4S/c1-24-13-12-22-21(24)20(17-6-4-5-7-18(17)28-2)23-19(25)14-15-8-10-16(11-9-15)29(3,26)27/h4-13,20H,14H2,1-3H3,(H,23,25)/t20-/m0/s1. The predicted molar refractivity (Wildman–Crippen MR) is 109 cm³/mol. The van der Waals surface area contributed by atoms with Crippen molar-refractivity contribution in [3.05, 3.63) is 77.9 Å². The van der Waals surface area contributed by atoms with E-state index in [4.69, 9.17) is 4.74 Å². The molecule has 1 amide bonds. The fourth-order valence-corrected chi connectivity index (χ4v) is 3.72. The molecule has 1 N–H and O–H groups in total. The molecule has 0 aliphatic heterocycles. The molecule has 0 unspecified atom stereocenters. The number of amides is 1. The summed E-state index contributed by atoms with van der Waals surface area (Å²) < 4.78 is 30.5. The van der Waals surface area contributed by atoms with E-state index in [0.717, 1.165) is 11.8 Å². The van der Waals surface area contributed by atoms with Crippen molar-refractivity contribution in [1.82, 2.24) is 14.9 Å². The SMILES string of the molecule is COc1ccccc1[C@H](NC(=O)Cc1ccc(S(C)(=O)=O)cc1)c1nccn1C. The molecule has 0 saturated carbocycles. The highest BCUT2D eigenvalue weighted by molar-refractivity contribution is 7.90. The van der Waals surface area contributed by atoms with Gasteiger partial charge in [-0.05, 0) is 23.8 Å². The number of hydrogen-bond acceptors (Lipinski definition) is 5. The minimum absolute atomic E-state index is 0.111. The maximum absolute atomic E-state index is 12.8. The minimum Gasteiger partial charge on any atom is -0.496 e. The topological polar surface area (TPSA) is 90.3 Å². The Bertz CT molecular complexity index is 1100. The smallest absolute Gasteiger partial charge is 0.225 e. The van der Waals surface area contributed by atoms with Gasteiger partial charge in [0.1, 0.15) is 17.6 Å². The Hall–Kier alpha value is -3.13. The van der Waals surface area contributed by atoms with Crippen LogP contribution in [0.4, 0.5) is 0 Å². The number of ether oxygens (including phenoxy) is 1. The van der Waals surface area contributed by atoms with Crippen LogP contribution in [0, 0.1) is 0 Å². The lowest BCUT2D eigenvalue weighted by atomic mass is 10.0. The van der Waals surface area contributed by atoms with Gasteiger partial charge in [-0.15, -0.1) is 0 Å². The van der Waals surface area contributed by atoms with Crippen molar-refractivity contribution in [3.63, 3.8) is 0 Å². The van der Waals surface area contributed by atoms with E-state index in [1.165, 1.54) is 12.1 Å². The van der Waals surface area contributed by atoms with Gasteiger partial charge in [0.25, 0.3) is 0 Å². The number of aromatic nitrogens is 2. The van der Waals surface area contributed by atoms with Crippen LogP contribution < -0.4 is 10.1 Å². The van der Waals surface area contributed by atoms with Crippen LogP contribution in [0.1, 0.15) is 23.0 Å². The van der Waals surface area contributed by atoms with E-state index in [-0.39, 0.29) is 17.2 Å². The Balaban J connectivity index is 1.85. The molecule has 1 heterocycles. The molecule has 0 saturated heterocycles. The number of aryl methyl sites for hydroxylation is 1. The second kappa shape index (κ2) is 8.48. The third kappa shape index (κ3) is 4.83. The van der Waals surface area contributed by atoms with E-state index >= 15 is 0 Å². The number of methoxy groups -OCH3 is 1. The molecule has 2 aromatic carbocycles. The largest absolute Gasteiger partial charge is 0.496 e. The third-order valence-electron chi connectivity index (χ3n) is 4.59. The highest BCUT2D eigenvalue weighted by Crippen LogP contribution is 2.29. The van der Waals surface area contributed by atoms with Gasteiger partial charge in [-0.1, -0.05) is 30.3 Å². The van der Waals surface area contributed by atoms with Crippen LogP contribution in [0.25, 0.3) is 0 Å². The summed E-state index contributed by atoms with van der Waals surface area (Å²) in [5.74, 6) is 1.12. The normalized spacial score (nSPS) is 12.4. The summed E-state index contributed by atoms with van der Waals surface area (Å²) >= 11 is 0. The average molecular weight is 413 g/mol. The maximum Gasteiger partial charge on any atom is 0.225 e. The molecule has 1 atom stereocenters. The van der Waals surface area contributed by atoms with Crippen molar-refractivity contribution in [2.75, 3.05) is 13.4 Å². The van der Waals surface area contributed by atoms with Crippen LogP contribution in [0.2, 0.25) is 0 Å². The number of benzene rings is 2. The Kier molecular flexibility index (Phi) is 6.03. The molecule has 0 aliphatic rings. The Labute approximate surface area is 170 Å². The summed E-state index contributed by atoms with van der Waals surface area (Å²) in [6, 6.07) is 13.3. The first kappa shape index (κ1) is 20.6. The fourth-order valence-electron chi connectivity index (χ4n) is 3.09. The van der Waals surface area contributed by atoms with Crippen molar-refractivity contribution in [2.24, 2.45) is 7.05 Å². The molecule has 0 bridgehead atoms. The summed E-state index contributed by atoms with van der Waals surface area (Å²) in [5.41, 5.74) is 1.51. The molecule has 7 nitrogen and oxygen atoms in total. The molecule has 3 rings (SSSR count). The number of sulfone groups is 1. The van der Waals surface area contributed by atoms with Crippen molar-refractivity contribution in [3.8, 4) is 5.75 Å². The van der Waals surface area contributed by atoms with Crippen LogP contribution in [-0.4, -0.2) is 37.2 Å². The van der Waals surface area contributed by atoms with Gasteiger partial charge in [-0.2, -0.15) is 0 Å². The summed E-state index contributed by atoms with van der Waals surface area (Å²) in [6.45, 7) is 0. The highest BCUT2D eigenvalue weighted by atomic mass is 32.2. The number of rotatable bonds is 7. The molecule has 152 valence electrons. The van der Waals surface area contributed by atoms with E-state index < -0.39 is 15.9 Å². The first-order valence-corrected chi connectivity index (χ1v) is 10.9. The van der Waals surface area contributed by atoms with E-state index in [9.17, 15) is 13.2 Å². The molecular weight excluding hydrogens is 390 g/mol. The van der Waals surface area contributed by atoms with Gasteiger partial charge in [0.05, 0.1) is 18.4 Å². The van der Waals surface area contributed by atoms with Crippen LogP contribution in [0.15, 0.2) is 65.8 Å². The van der Waals surface area contributed by atoms with Gasteiger partial charge < -0.3 is 14.6 Å². The molecule has 0 aliphatic carbocycles. The lowest BCUT2D eigenvalue weighted by Gasteiger charge is -2.21. The predicted octanol–water partition coefficient (Wildman–Crippen LogP) is 2.28. The van der Waals surface area contributed by atoms with Gasteiger partial charge >= 0.3 is 0 Å².